The number of hydrogen-bond acceptors (Lipinski definition) is 1. The van der Waals surface area contributed by atoms with Crippen molar-refractivity contribution in [1.29, 1.82) is 0 Å². The second kappa shape index (κ2) is 21.7. The molecule has 0 bridgehead atoms. The summed E-state index contributed by atoms with van der Waals surface area (Å²) in [5.41, 5.74) is 0. The van der Waals surface area contributed by atoms with Crippen LogP contribution in [0.5, 0.6) is 0 Å². The lowest BCUT2D eigenvalue weighted by Crippen LogP contribution is -1.97. The first kappa shape index (κ1) is 24.7. The Morgan fingerprint density at radius 2 is 0.640 bits per heavy atom. The predicted octanol–water partition coefficient (Wildman–Crippen LogP) is 8.79. The summed E-state index contributed by atoms with van der Waals surface area (Å²) in [6.07, 6.45) is 27.2. The summed E-state index contributed by atoms with van der Waals surface area (Å²) >= 11 is 0. The van der Waals surface area contributed by atoms with Crippen molar-refractivity contribution >= 4 is 5.78 Å². The third-order valence-electron chi connectivity index (χ3n) is 5.37. The van der Waals surface area contributed by atoms with Crippen LogP contribution in [-0.2, 0) is 4.79 Å². The molecule has 0 atom stereocenters. The minimum atomic E-state index is 0.516. The summed E-state index contributed by atoms with van der Waals surface area (Å²) in [5.74, 6) is 0.516. The molecule has 0 N–H and O–H groups in total. The maximum atomic E-state index is 11.9. The molecule has 0 heterocycles. The molecule has 1 nitrogen and oxygen atoms in total. The monoisotopic (exact) mass is 352 g/mol. The van der Waals surface area contributed by atoms with Crippen molar-refractivity contribution in [3.8, 4) is 0 Å². The molecule has 0 aromatic heterocycles. The van der Waals surface area contributed by atoms with Crippen LogP contribution >= 0.6 is 0 Å². The number of ketones is 1. The van der Waals surface area contributed by atoms with Gasteiger partial charge < -0.3 is 0 Å². The molecule has 0 radical (unpaired) electrons. The van der Waals surface area contributed by atoms with E-state index in [1.807, 2.05) is 0 Å². The second-order valence-corrected chi connectivity index (χ2v) is 8.05. The van der Waals surface area contributed by atoms with E-state index in [-0.39, 0.29) is 0 Å². The van der Waals surface area contributed by atoms with Gasteiger partial charge in [-0.05, 0) is 12.8 Å². The van der Waals surface area contributed by atoms with Gasteiger partial charge in [-0.3, -0.25) is 4.79 Å². The topological polar surface area (TPSA) is 17.1 Å². The predicted molar refractivity (Wildman–Crippen MR) is 113 cm³/mol. The van der Waals surface area contributed by atoms with Crippen molar-refractivity contribution in [1.82, 2.24) is 0 Å². The molecular formula is C24H48O. The van der Waals surface area contributed by atoms with Crippen molar-refractivity contribution in [2.45, 2.75) is 149 Å². The number of rotatable bonds is 21. The third kappa shape index (κ3) is 21.6. The molecule has 0 spiro atoms. The highest BCUT2D eigenvalue weighted by atomic mass is 16.1. The summed E-state index contributed by atoms with van der Waals surface area (Å²) in [4.78, 5) is 11.9. The Bertz CT molecular complexity index is 259. The smallest absolute Gasteiger partial charge is 0.132 e. The minimum Gasteiger partial charge on any atom is -0.300 e. The zero-order chi connectivity index (χ0) is 18.4. The van der Waals surface area contributed by atoms with Gasteiger partial charge in [0.1, 0.15) is 5.78 Å². The molecule has 150 valence electrons. The van der Waals surface area contributed by atoms with Gasteiger partial charge in [0.2, 0.25) is 0 Å². The first-order valence-electron chi connectivity index (χ1n) is 11.8. The van der Waals surface area contributed by atoms with Crippen molar-refractivity contribution in [2.24, 2.45) is 0 Å². The average molecular weight is 353 g/mol. The maximum absolute atomic E-state index is 11.9. The Morgan fingerprint density at radius 3 is 0.920 bits per heavy atom. The molecule has 0 aliphatic carbocycles. The van der Waals surface area contributed by atoms with Crippen molar-refractivity contribution in [2.75, 3.05) is 0 Å². The molecule has 0 aromatic carbocycles. The van der Waals surface area contributed by atoms with Gasteiger partial charge in [0.15, 0.2) is 0 Å². The second-order valence-electron chi connectivity index (χ2n) is 8.05. The number of Topliss-reactive ketones (excluding diaryl/α,β-unsaturated/α-hetero) is 1. The van der Waals surface area contributed by atoms with Gasteiger partial charge in [0, 0.05) is 12.8 Å². The van der Waals surface area contributed by atoms with Gasteiger partial charge in [-0.1, -0.05) is 123 Å². The van der Waals surface area contributed by atoms with Crippen LogP contribution in [0.15, 0.2) is 0 Å². The number of unbranched alkanes of at least 4 members (excludes halogenated alkanes) is 17. The molecule has 0 unspecified atom stereocenters. The fraction of sp³-hybridized carbons (Fsp3) is 0.958. The molecule has 0 amide bonds. The molecule has 0 fully saturated rings. The van der Waals surface area contributed by atoms with Crippen molar-refractivity contribution in [3.63, 3.8) is 0 Å². The zero-order valence-corrected chi connectivity index (χ0v) is 17.8. The maximum Gasteiger partial charge on any atom is 0.132 e. The Kier molecular flexibility index (Phi) is 21.4. The van der Waals surface area contributed by atoms with E-state index in [1.54, 1.807) is 0 Å². The van der Waals surface area contributed by atoms with Crippen LogP contribution in [0.2, 0.25) is 0 Å². The molecule has 0 saturated heterocycles. The molecular weight excluding hydrogens is 304 g/mol. The highest BCUT2D eigenvalue weighted by molar-refractivity contribution is 5.78. The SMILES string of the molecule is CCCCCCCCCCCCCC(=O)CCCCCCCCCC. The van der Waals surface area contributed by atoms with Gasteiger partial charge in [-0.25, -0.2) is 0 Å². The van der Waals surface area contributed by atoms with Crippen LogP contribution in [0.4, 0.5) is 0 Å². The third-order valence-corrected chi connectivity index (χ3v) is 5.37. The molecule has 1 heteroatoms. The zero-order valence-electron chi connectivity index (χ0n) is 17.8. The lowest BCUT2D eigenvalue weighted by atomic mass is 10.0. The van der Waals surface area contributed by atoms with E-state index in [9.17, 15) is 4.79 Å². The Hall–Kier alpha value is -0.330. The highest BCUT2D eigenvalue weighted by Gasteiger charge is 2.02. The van der Waals surface area contributed by atoms with E-state index in [0.29, 0.717) is 5.78 Å². The van der Waals surface area contributed by atoms with E-state index in [2.05, 4.69) is 13.8 Å². The van der Waals surface area contributed by atoms with Gasteiger partial charge in [-0.2, -0.15) is 0 Å². The highest BCUT2D eigenvalue weighted by Crippen LogP contribution is 2.14. The molecule has 0 aliphatic rings. The van der Waals surface area contributed by atoms with Crippen molar-refractivity contribution < 1.29 is 4.79 Å². The van der Waals surface area contributed by atoms with E-state index in [1.165, 1.54) is 109 Å². The van der Waals surface area contributed by atoms with Crippen LogP contribution in [0.3, 0.4) is 0 Å². The molecule has 25 heavy (non-hydrogen) atoms. The van der Waals surface area contributed by atoms with Gasteiger partial charge >= 0.3 is 0 Å². The van der Waals surface area contributed by atoms with E-state index < -0.39 is 0 Å². The first-order valence-corrected chi connectivity index (χ1v) is 11.8. The molecule has 0 saturated carbocycles. The van der Waals surface area contributed by atoms with Crippen LogP contribution in [0, 0.1) is 0 Å². The van der Waals surface area contributed by atoms with Crippen LogP contribution in [-0.4, -0.2) is 5.78 Å². The van der Waals surface area contributed by atoms with Gasteiger partial charge in [0.25, 0.3) is 0 Å². The Balaban J connectivity index is 3.13. The summed E-state index contributed by atoms with van der Waals surface area (Å²) in [6, 6.07) is 0. The number of carbonyl (C=O) groups is 1. The summed E-state index contributed by atoms with van der Waals surface area (Å²) in [6.45, 7) is 4.54. The first-order chi connectivity index (χ1) is 12.3. The molecule has 0 aromatic rings. The Morgan fingerprint density at radius 1 is 0.400 bits per heavy atom. The summed E-state index contributed by atoms with van der Waals surface area (Å²) in [7, 11) is 0. The quantitative estimate of drug-likeness (QED) is 0.189. The summed E-state index contributed by atoms with van der Waals surface area (Å²) in [5, 5.41) is 0. The van der Waals surface area contributed by atoms with Gasteiger partial charge in [0.05, 0.1) is 0 Å². The van der Waals surface area contributed by atoms with Crippen LogP contribution in [0.25, 0.3) is 0 Å². The fourth-order valence-corrected chi connectivity index (χ4v) is 3.57. The van der Waals surface area contributed by atoms with Crippen molar-refractivity contribution in [3.05, 3.63) is 0 Å². The van der Waals surface area contributed by atoms with E-state index in [0.717, 1.165) is 25.7 Å². The molecule has 0 aliphatic heterocycles. The Labute approximate surface area is 159 Å². The number of hydrogen-bond donors (Lipinski definition) is 0. The standard InChI is InChI=1S/C24H48O/c1-3-5-7-9-11-13-14-15-17-19-21-23-24(25)22-20-18-16-12-10-8-6-4-2/h3-23H2,1-2H3. The fourth-order valence-electron chi connectivity index (χ4n) is 3.57. The average Bonchev–Trinajstić information content (AvgIpc) is 2.62. The lowest BCUT2D eigenvalue weighted by molar-refractivity contribution is -0.119. The van der Waals surface area contributed by atoms with Crippen LogP contribution < -0.4 is 0 Å². The van der Waals surface area contributed by atoms with Crippen LogP contribution in [0.1, 0.15) is 149 Å². The minimum absolute atomic E-state index is 0.516. The lowest BCUT2D eigenvalue weighted by Gasteiger charge is -2.03. The largest absolute Gasteiger partial charge is 0.300 e. The van der Waals surface area contributed by atoms with E-state index >= 15 is 0 Å². The van der Waals surface area contributed by atoms with E-state index in [4.69, 9.17) is 0 Å². The van der Waals surface area contributed by atoms with Gasteiger partial charge in [-0.15, -0.1) is 0 Å². The molecule has 0 rings (SSSR count). The normalized spacial score (nSPS) is 11.1. The summed E-state index contributed by atoms with van der Waals surface area (Å²) < 4.78 is 0. The number of carbonyl (C=O) groups excluding carboxylic acids is 1.